The molecule has 0 unspecified atom stereocenters. The summed E-state index contributed by atoms with van der Waals surface area (Å²) in [4.78, 5) is 3.22. The van der Waals surface area contributed by atoms with Crippen molar-refractivity contribution in [1.82, 2.24) is 14.8 Å². The van der Waals surface area contributed by atoms with Gasteiger partial charge in [-0.15, -0.1) is 0 Å². The monoisotopic (exact) mass is 444 g/mol. The van der Waals surface area contributed by atoms with Gasteiger partial charge in [0.2, 0.25) is 0 Å². The second-order valence-electron chi connectivity index (χ2n) is 9.25. The maximum Gasteiger partial charge on any atom is 0.525 e. The van der Waals surface area contributed by atoms with Gasteiger partial charge >= 0.3 is 7.12 Å². The minimum absolute atomic E-state index is 0.297. The summed E-state index contributed by atoms with van der Waals surface area (Å²) in [7, 11) is -1.17. The van der Waals surface area contributed by atoms with Gasteiger partial charge in [0.1, 0.15) is 11.5 Å². The van der Waals surface area contributed by atoms with Gasteiger partial charge in [-0.3, -0.25) is 0 Å². The molecular weight excluding hydrogens is 418 g/mol. The van der Waals surface area contributed by atoms with Crippen LogP contribution in [0.4, 0.5) is 10.2 Å². The van der Waals surface area contributed by atoms with Gasteiger partial charge in [0.05, 0.1) is 23.1 Å². The molecule has 3 N–H and O–H groups in total. The molecular formula is C25H26BFN4O2. The van der Waals surface area contributed by atoms with Crippen LogP contribution in [0.2, 0.25) is 0 Å². The molecule has 0 aliphatic carbocycles. The van der Waals surface area contributed by atoms with Crippen molar-refractivity contribution in [1.29, 1.82) is 0 Å². The van der Waals surface area contributed by atoms with Crippen molar-refractivity contribution in [3.63, 3.8) is 0 Å². The quantitative estimate of drug-likeness (QED) is 0.419. The highest BCUT2D eigenvalue weighted by Crippen LogP contribution is 2.43. The molecule has 168 valence electrons. The number of fused-ring (bicyclic) bond motifs is 1. The van der Waals surface area contributed by atoms with Gasteiger partial charge in [-0.05, 0) is 45.9 Å². The van der Waals surface area contributed by atoms with E-state index in [-0.39, 0.29) is 0 Å². The summed E-state index contributed by atoms with van der Waals surface area (Å²) in [5.41, 5.74) is 7.74. The number of nitrogen functional groups attached to an aromatic ring is 1. The zero-order valence-electron chi connectivity index (χ0n) is 19.1. The summed E-state index contributed by atoms with van der Waals surface area (Å²) >= 11 is 0. The smallest absolute Gasteiger partial charge is 0.398 e. The average Bonchev–Trinajstić information content (AvgIpc) is 3.44. The lowest BCUT2D eigenvalue weighted by molar-refractivity contribution is 0.00578. The fourth-order valence-electron chi connectivity index (χ4n) is 4.07. The Balaban J connectivity index is 1.72. The van der Waals surface area contributed by atoms with Crippen LogP contribution in [0.15, 0.2) is 72.7 Å². The highest BCUT2D eigenvalue weighted by molar-refractivity contribution is 6.55. The van der Waals surface area contributed by atoms with E-state index >= 15 is 4.39 Å². The van der Waals surface area contributed by atoms with Gasteiger partial charge in [0.25, 0.3) is 0 Å². The number of H-pyrrole nitrogens is 1. The van der Waals surface area contributed by atoms with Crippen molar-refractivity contribution in [2.75, 3.05) is 5.73 Å². The van der Waals surface area contributed by atoms with E-state index in [0.29, 0.717) is 22.5 Å². The van der Waals surface area contributed by atoms with Crippen molar-refractivity contribution in [3.8, 4) is 5.69 Å². The van der Waals surface area contributed by atoms with Crippen LogP contribution in [0.25, 0.3) is 22.2 Å². The van der Waals surface area contributed by atoms with Crippen LogP contribution in [0.5, 0.6) is 0 Å². The Morgan fingerprint density at radius 2 is 1.61 bits per heavy atom. The zero-order valence-corrected chi connectivity index (χ0v) is 19.1. The van der Waals surface area contributed by atoms with Crippen molar-refractivity contribution >= 4 is 29.4 Å². The summed E-state index contributed by atoms with van der Waals surface area (Å²) in [5, 5.41) is 5.33. The minimum atomic E-state index is -1.17. The van der Waals surface area contributed by atoms with Crippen LogP contribution in [-0.2, 0) is 9.31 Å². The van der Waals surface area contributed by atoms with Gasteiger partial charge in [0.15, 0.2) is 0 Å². The van der Waals surface area contributed by atoms with Crippen LogP contribution in [0, 0.1) is 0 Å². The maximum absolute atomic E-state index is 16.4. The van der Waals surface area contributed by atoms with E-state index in [2.05, 4.69) is 10.1 Å². The predicted molar refractivity (Wildman–Crippen MR) is 129 cm³/mol. The molecule has 33 heavy (non-hydrogen) atoms. The van der Waals surface area contributed by atoms with E-state index in [1.54, 1.807) is 17.1 Å². The van der Waals surface area contributed by atoms with Gasteiger partial charge in [-0.25, -0.2) is 9.07 Å². The number of benzene rings is 2. The van der Waals surface area contributed by atoms with Crippen LogP contribution in [0.1, 0.15) is 38.8 Å². The molecule has 0 saturated carbocycles. The topological polar surface area (TPSA) is 78.1 Å². The third-order valence-electron chi connectivity index (χ3n) is 6.63. The lowest BCUT2D eigenvalue weighted by Crippen LogP contribution is -2.41. The molecule has 3 heterocycles. The normalized spacial score (nSPS) is 18.0. The average molecular weight is 444 g/mol. The van der Waals surface area contributed by atoms with Gasteiger partial charge in [0, 0.05) is 33.8 Å². The number of anilines is 1. The molecule has 0 spiro atoms. The van der Waals surface area contributed by atoms with E-state index in [4.69, 9.17) is 15.0 Å². The number of nitrogens with one attached hydrogen (secondary N) is 1. The summed E-state index contributed by atoms with van der Waals surface area (Å²) in [6, 6.07) is 17.2. The molecule has 4 aromatic rings. The number of nitrogens with zero attached hydrogens (tertiary/aromatic N) is 2. The minimum Gasteiger partial charge on any atom is -0.398 e. The molecule has 2 aromatic heterocycles. The molecule has 0 amide bonds. The molecule has 5 rings (SSSR count). The van der Waals surface area contributed by atoms with E-state index in [1.807, 2.05) is 82.3 Å². The van der Waals surface area contributed by atoms with E-state index in [9.17, 15) is 0 Å². The second-order valence-corrected chi connectivity index (χ2v) is 9.25. The molecule has 1 aliphatic heterocycles. The van der Waals surface area contributed by atoms with E-state index in [0.717, 1.165) is 16.6 Å². The summed E-state index contributed by atoms with van der Waals surface area (Å²) in [6.45, 7) is 7.59. The lowest BCUT2D eigenvalue weighted by atomic mass is 9.81. The number of aromatic amines is 1. The Morgan fingerprint density at radius 3 is 2.30 bits per heavy atom. The molecule has 0 radical (unpaired) electrons. The maximum atomic E-state index is 16.4. The number of hydrogen-bond donors (Lipinski definition) is 2. The van der Waals surface area contributed by atoms with Crippen molar-refractivity contribution < 1.29 is 13.7 Å². The molecule has 1 fully saturated rings. The first-order valence-corrected chi connectivity index (χ1v) is 10.9. The number of hydrogen-bond acceptors (Lipinski definition) is 4. The second kappa shape index (κ2) is 7.61. The van der Waals surface area contributed by atoms with Crippen LogP contribution in [-0.4, -0.2) is 33.1 Å². The van der Waals surface area contributed by atoms with Gasteiger partial charge in [-0.1, -0.05) is 36.4 Å². The van der Waals surface area contributed by atoms with E-state index in [1.165, 1.54) is 0 Å². The Bertz CT molecular complexity index is 1340. The number of nitrogens with two attached hydrogens (primary N) is 1. The lowest BCUT2D eigenvalue weighted by Gasteiger charge is -2.32. The predicted octanol–water partition coefficient (Wildman–Crippen LogP) is 5.30. The standard InChI is InChI=1S/C25H26BFN4O2/c1-24(2)25(3,4)33-26(32-24)22(27)21(18-14-29-20-13-9-8-12-17(18)20)19-15-30-31(23(19)28)16-10-6-5-7-11-16/h5-15,29H,28H2,1-4H3. The number of rotatable bonds is 4. The fraction of sp³-hybridized carbons (Fsp3) is 0.240. The van der Waals surface area contributed by atoms with Crippen LogP contribution >= 0.6 is 0 Å². The molecule has 0 bridgehead atoms. The number of para-hydroxylation sites is 2. The molecule has 8 heteroatoms. The Hall–Kier alpha value is -3.36. The van der Waals surface area contributed by atoms with Crippen LogP contribution in [0.3, 0.4) is 0 Å². The van der Waals surface area contributed by atoms with Gasteiger partial charge < -0.3 is 20.0 Å². The van der Waals surface area contributed by atoms with E-state index < -0.39 is 24.0 Å². The first-order valence-electron chi connectivity index (χ1n) is 10.9. The third-order valence-corrected chi connectivity index (χ3v) is 6.63. The molecule has 1 saturated heterocycles. The Morgan fingerprint density at radius 1 is 0.970 bits per heavy atom. The largest absolute Gasteiger partial charge is 0.525 e. The Labute approximate surface area is 192 Å². The van der Waals surface area contributed by atoms with Gasteiger partial charge in [-0.2, -0.15) is 5.10 Å². The van der Waals surface area contributed by atoms with Crippen molar-refractivity contribution in [3.05, 3.63) is 83.8 Å². The van der Waals surface area contributed by atoms with Crippen LogP contribution < -0.4 is 5.73 Å². The molecule has 6 nitrogen and oxygen atoms in total. The summed E-state index contributed by atoms with van der Waals surface area (Å²) in [5.74, 6) is 0.327. The molecule has 2 aromatic carbocycles. The fourth-order valence-corrected chi connectivity index (χ4v) is 4.07. The number of aromatic nitrogens is 3. The SMILES string of the molecule is CC1(C)OB(C(F)=C(c2cnn(-c3ccccc3)c2N)c2c[nH]c3ccccc23)OC1(C)C. The first kappa shape index (κ1) is 21.5. The first-order chi connectivity index (χ1) is 15.7. The van der Waals surface area contributed by atoms with Crippen molar-refractivity contribution in [2.24, 2.45) is 0 Å². The highest BCUT2D eigenvalue weighted by atomic mass is 19.1. The highest BCUT2D eigenvalue weighted by Gasteiger charge is 2.54. The van der Waals surface area contributed by atoms with Crippen molar-refractivity contribution in [2.45, 2.75) is 38.9 Å². The molecule has 0 atom stereocenters. The summed E-state index contributed by atoms with van der Waals surface area (Å²) in [6.07, 6.45) is 3.37. The Kier molecular flexibility index (Phi) is 4.95. The molecule has 1 aliphatic rings. The summed E-state index contributed by atoms with van der Waals surface area (Å²) < 4.78 is 30.0. The third kappa shape index (κ3) is 3.46. The number of halogens is 1. The zero-order chi connectivity index (χ0) is 23.4.